The molecule has 4 heteroatoms. The molecule has 0 aliphatic carbocycles. The smallest absolute Gasteiger partial charge is 0.207 e. The van der Waals surface area contributed by atoms with Crippen molar-refractivity contribution < 1.29 is 8.42 Å². The van der Waals surface area contributed by atoms with Gasteiger partial charge in [-0.15, -0.1) is 0 Å². The normalized spacial score (nSPS) is 12.5. The maximum absolute atomic E-state index is 12.3. The van der Waals surface area contributed by atoms with Gasteiger partial charge in [-0.25, -0.2) is 13.1 Å². The van der Waals surface area contributed by atoms with Gasteiger partial charge >= 0.3 is 0 Å². The van der Waals surface area contributed by atoms with E-state index in [9.17, 15) is 8.42 Å². The summed E-state index contributed by atoms with van der Waals surface area (Å²) in [5.74, 6) is 0. The highest BCUT2D eigenvalue weighted by Crippen LogP contribution is 2.26. The Balaban J connectivity index is 3.22. The van der Waals surface area contributed by atoms with Crippen molar-refractivity contribution >= 4 is 10.0 Å². The van der Waals surface area contributed by atoms with E-state index in [1.807, 2.05) is 19.1 Å². The first-order chi connectivity index (χ1) is 8.54. The van der Waals surface area contributed by atoms with Crippen LogP contribution in [0.15, 0.2) is 35.2 Å². The van der Waals surface area contributed by atoms with Crippen LogP contribution in [0.1, 0.15) is 38.8 Å². The number of sulfonamides is 1. The van der Waals surface area contributed by atoms with Crippen molar-refractivity contribution in [2.45, 2.75) is 44.9 Å². The Morgan fingerprint density at radius 1 is 1.32 bits per heavy atom. The molecular weight excluding hydrogens is 258 g/mol. The van der Waals surface area contributed by atoms with E-state index >= 15 is 0 Å². The topological polar surface area (TPSA) is 46.2 Å². The molecule has 0 unspecified atom stereocenters. The minimum Gasteiger partial charge on any atom is -0.207 e. The standard InChI is InChI=1S/C15H23NO2S/c1-11(2)10-16-19(17,18)14-9-13(15(4,5)6)8-7-12(14)3/h7-9,16H,1,10H2,2-6H3. The molecule has 0 saturated carbocycles. The van der Waals surface area contributed by atoms with Crippen molar-refractivity contribution in [3.63, 3.8) is 0 Å². The van der Waals surface area contributed by atoms with E-state index in [0.717, 1.165) is 16.7 Å². The molecule has 0 heterocycles. The molecule has 1 N–H and O–H groups in total. The molecule has 1 rings (SSSR count). The Kier molecular flexibility index (Phi) is 4.59. The van der Waals surface area contributed by atoms with E-state index in [0.29, 0.717) is 4.90 Å². The summed E-state index contributed by atoms with van der Waals surface area (Å²) < 4.78 is 27.1. The van der Waals surface area contributed by atoms with E-state index in [1.54, 1.807) is 13.0 Å². The second kappa shape index (κ2) is 5.47. The predicted octanol–water partition coefficient (Wildman–Crippen LogP) is 3.15. The number of hydrogen-bond donors (Lipinski definition) is 1. The van der Waals surface area contributed by atoms with Crippen LogP contribution in [0, 0.1) is 6.92 Å². The van der Waals surface area contributed by atoms with Crippen molar-refractivity contribution in [3.05, 3.63) is 41.5 Å². The van der Waals surface area contributed by atoms with Gasteiger partial charge < -0.3 is 0 Å². The lowest BCUT2D eigenvalue weighted by Gasteiger charge is -2.21. The van der Waals surface area contributed by atoms with Gasteiger partial charge in [0, 0.05) is 6.54 Å². The summed E-state index contributed by atoms with van der Waals surface area (Å²) in [4.78, 5) is 0.348. The van der Waals surface area contributed by atoms with Crippen LogP contribution in [-0.4, -0.2) is 15.0 Å². The second-order valence-corrected chi connectivity index (χ2v) is 7.75. The summed E-state index contributed by atoms with van der Waals surface area (Å²) in [6.07, 6.45) is 0. The molecule has 1 aromatic carbocycles. The Morgan fingerprint density at radius 2 is 1.89 bits per heavy atom. The lowest BCUT2D eigenvalue weighted by atomic mass is 9.87. The third-order valence-electron chi connectivity index (χ3n) is 2.91. The molecule has 0 aromatic heterocycles. The summed E-state index contributed by atoms with van der Waals surface area (Å²) in [6.45, 7) is 13.8. The average molecular weight is 281 g/mol. The first-order valence-corrected chi connectivity index (χ1v) is 7.77. The zero-order valence-electron chi connectivity index (χ0n) is 12.4. The summed E-state index contributed by atoms with van der Waals surface area (Å²) in [6, 6.07) is 5.60. The minimum atomic E-state index is -3.48. The number of hydrogen-bond acceptors (Lipinski definition) is 2. The molecule has 0 saturated heterocycles. The highest BCUT2D eigenvalue weighted by Gasteiger charge is 2.20. The van der Waals surface area contributed by atoms with Gasteiger partial charge in [-0.05, 0) is 36.5 Å². The predicted molar refractivity (Wildman–Crippen MR) is 79.9 cm³/mol. The number of rotatable bonds is 4. The Morgan fingerprint density at radius 3 is 2.37 bits per heavy atom. The van der Waals surface area contributed by atoms with E-state index in [2.05, 4.69) is 32.1 Å². The molecule has 0 spiro atoms. The van der Waals surface area contributed by atoms with Crippen LogP contribution in [0.2, 0.25) is 0 Å². The fraction of sp³-hybridized carbons (Fsp3) is 0.467. The van der Waals surface area contributed by atoms with E-state index < -0.39 is 10.0 Å². The van der Waals surface area contributed by atoms with Crippen molar-refractivity contribution in [1.29, 1.82) is 0 Å². The maximum atomic E-state index is 12.3. The van der Waals surface area contributed by atoms with E-state index in [4.69, 9.17) is 0 Å². The lowest BCUT2D eigenvalue weighted by molar-refractivity contribution is 0.577. The number of nitrogens with one attached hydrogen (secondary N) is 1. The highest BCUT2D eigenvalue weighted by atomic mass is 32.2. The van der Waals surface area contributed by atoms with Crippen LogP contribution in [-0.2, 0) is 15.4 Å². The summed E-state index contributed by atoms with van der Waals surface area (Å²) in [5.41, 5.74) is 2.47. The molecule has 1 aromatic rings. The van der Waals surface area contributed by atoms with Crippen LogP contribution >= 0.6 is 0 Å². The first-order valence-electron chi connectivity index (χ1n) is 6.29. The lowest BCUT2D eigenvalue weighted by Crippen LogP contribution is -2.26. The average Bonchev–Trinajstić information content (AvgIpc) is 2.25. The molecule has 0 radical (unpaired) electrons. The van der Waals surface area contributed by atoms with Crippen LogP contribution in [0.5, 0.6) is 0 Å². The van der Waals surface area contributed by atoms with Gasteiger partial charge in [0.1, 0.15) is 0 Å². The van der Waals surface area contributed by atoms with Gasteiger partial charge in [-0.2, -0.15) is 0 Å². The Labute approximate surface area is 116 Å². The number of aryl methyl sites for hydroxylation is 1. The molecule has 3 nitrogen and oxygen atoms in total. The van der Waals surface area contributed by atoms with Crippen LogP contribution in [0.3, 0.4) is 0 Å². The first kappa shape index (κ1) is 15.9. The van der Waals surface area contributed by atoms with Crippen LogP contribution < -0.4 is 4.72 Å². The van der Waals surface area contributed by atoms with Gasteiger partial charge in [-0.3, -0.25) is 0 Å². The van der Waals surface area contributed by atoms with Crippen LogP contribution in [0.4, 0.5) is 0 Å². The van der Waals surface area contributed by atoms with Crippen LogP contribution in [0.25, 0.3) is 0 Å². The molecule has 19 heavy (non-hydrogen) atoms. The zero-order chi connectivity index (χ0) is 14.8. The minimum absolute atomic E-state index is 0.0771. The fourth-order valence-corrected chi connectivity index (χ4v) is 3.02. The third-order valence-corrected chi connectivity index (χ3v) is 4.45. The second-order valence-electron chi connectivity index (χ2n) is 6.01. The quantitative estimate of drug-likeness (QED) is 0.862. The largest absolute Gasteiger partial charge is 0.241 e. The van der Waals surface area contributed by atoms with Crippen molar-refractivity contribution in [3.8, 4) is 0 Å². The zero-order valence-corrected chi connectivity index (χ0v) is 13.2. The van der Waals surface area contributed by atoms with E-state index in [-0.39, 0.29) is 12.0 Å². The Hall–Kier alpha value is -1.13. The molecule has 0 atom stereocenters. The van der Waals surface area contributed by atoms with Gasteiger partial charge in [0.05, 0.1) is 4.90 Å². The molecule has 0 amide bonds. The molecule has 0 fully saturated rings. The van der Waals surface area contributed by atoms with Gasteiger partial charge in [0.15, 0.2) is 0 Å². The van der Waals surface area contributed by atoms with Gasteiger partial charge in [-0.1, -0.05) is 45.1 Å². The summed E-state index contributed by atoms with van der Waals surface area (Å²) in [5, 5.41) is 0. The van der Waals surface area contributed by atoms with Gasteiger partial charge in [0.25, 0.3) is 0 Å². The van der Waals surface area contributed by atoms with Crippen molar-refractivity contribution in [2.75, 3.05) is 6.54 Å². The maximum Gasteiger partial charge on any atom is 0.241 e. The monoisotopic (exact) mass is 281 g/mol. The number of benzene rings is 1. The molecule has 0 bridgehead atoms. The molecular formula is C15H23NO2S. The molecule has 0 aliphatic heterocycles. The third kappa shape index (κ3) is 4.18. The SMILES string of the molecule is C=C(C)CNS(=O)(=O)c1cc(C(C)(C)C)ccc1C. The fourth-order valence-electron chi connectivity index (χ4n) is 1.65. The highest BCUT2D eigenvalue weighted by molar-refractivity contribution is 7.89. The van der Waals surface area contributed by atoms with Crippen molar-refractivity contribution in [2.24, 2.45) is 0 Å². The molecule has 106 valence electrons. The summed E-state index contributed by atoms with van der Waals surface area (Å²) in [7, 11) is -3.48. The van der Waals surface area contributed by atoms with E-state index in [1.165, 1.54) is 0 Å². The van der Waals surface area contributed by atoms with Gasteiger partial charge in [0.2, 0.25) is 10.0 Å². The molecule has 0 aliphatic rings. The van der Waals surface area contributed by atoms with Crippen molar-refractivity contribution in [1.82, 2.24) is 4.72 Å². The Bertz CT molecular complexity index is 581. The summed E-state index contributed by atoms with van der Waals surface area (Å²) >= 11 is 0.